The first-order chi connectivity index (χ1) is 9.11. The maximum absolute atomic E-state index is 12.4. The lowest BCUT2D eigenvalue weighted by Crippen LogP contribution is -2.48. The largest absolute Gasteiger partial charge is 0.336 e. The van der Waals surface area contributed by atoms with Crippen LogP contribution in [0.25, 0.3) is 0 Å². The average Bonchev–Trinajstić information content (AvgIpc) is 2.77. The molecule has 6 nitrogen and oxygen atoms in total. The molecule has 2 N–H and O–H groups in total. The number of aromatic nitrogens is 3. The zero-order valence-electron chi connectivity index (χ0n) is 11.7. The van der Waals surface area contributed by atoms with Crippen LogP contribution in [0, 0.1) is 0 Å². The monoisotopic (exact) mass is 265 g/mol. The molecule has 2 unspecified atom stereocenters. The van der Waals surface area contributed by atoms with Crippen LogP contribution in [0.5, 0.6) is 0 Å². The van der Waals surface area contributed by atoms with Crippen LogP contribution in [0.3, 0.4) is 0 Å². The zero-order valence-corrected chi connectivity index (χ0v) is 11.7. The highest BCUT2D eigenvalue weighted by Gasteiger charge is 2.28. The van der Waals surface area contributed by atoms with Crippen LogP contribution in [-0.4, -0.2) is 44.4 Å². The van der Waals surface area contributed by atoms with Gasteiger partial charge >= 0.3 is 0 Å². The lowest BCUT2D eigenvalue weighted by atomic mass is 9.97. The smallest absolute Gasteiger partial charge is 0.244 e. The van der Waals surface area contributed by atoms with Crippen molar-refractivity contribution in [1.29, 1.82) is 0 Å². The first-order valence-electron chi connectivity index (χ1n) is 7.02. The first kappa shape index (κ1) is 14.0. The van der Waals surface area contributed by atoms with Gasteiger partial charge in [0, 0.05) is 24.7 Å². The van der Waals surface area contributed by atoms with E-state index in [0.717, 1.165) is 18.5 Å². The van der Waals surface area contributed by atoms with Crippen molar-refractivity contribution in [2.45, 2.75) is 58.2 Å². The standard InChI is InChI=1S/C13H23N5O/c1-10-4-3-5-11(2)18(10)13(19)9-17-8-12(6-7-14)15-16-17/h8,10-11H,3-7,9,14H2,1-2H3. The summed E-state index contributed by atoms with van der Waals surface area (Å²) in [5.41, 5.74) is 6.31. The van der Waals surface area contributed by atoms with Gasteiger partial charge < -0.3 is 10.6 Å². The predicted molar refractivity (Wildman–Crippen MR) is 72.4 cm³/mol. The molecule has 1 fully saturated rings. The molecule has 0 aromatic carbocycles. The predicted octanol–water partition coefficient (Wildman–Crippen LogP) is 0.569. The molecule has 106 valence electrons. The highest BCUT2D eigenvalue weighted by Crippen LogP contribution is 2.22. The molecule has 2 rings (SSSR count). The molecule has 0 saturated carbocycles. The Morgan fingerprint density at radius 1 is 1.42 bits per heavy atom. The molecule has 0 spiro atoms. The van der Waals surface area contributed by atoms with Crippen molar-refractivity contribution in [2.75, 3.05) is 6.54 Å². The number of carbonyl (C=O) groups excluding carboxylic acids is 1. The SMILES string of the molecule is CC1CCCC(C)N1C(=O)Cn1cc(CCN)nn1. The van der Waals surface area contributed by atoms with Crippen LogP contribution in [0.2, 0.25) is 0 Å². The van der Waals surface area contributed by atoms with Crippen LogP contribution < -0.4 is 5.73 Å². The minimum absolute atomic E-state index is 0.129. The molecular formula is C13H23N5O. The third-order valence-corrected chi connectivity index (χ3v) is 3.77. The normalized spacial score (nSPS) is 23.6. The number of piperidine rings is 1. The van der Waals surface area contributed by atoms with Gasteiger partial charge in [-0.1, -0.05) is 5.21 Å². The Bertz CT molecular complexity index is 420. The number of hydrogen-bond donors (Lipinski definition) is 1. The van der Waals surface area contributed by atoms with Gasteiger partial charge in [0.1, 0.15) is 6.54 Å². The van der Waals surface area contributed by atoms with E-state index >= 15 is 0 Å². The summed E-state index contributed by atoms with van der Waals surface area (Å²) in [5.74, 6) is 0.129. The first-order valence-corrected chi connectivity index (χ1v) is 7.02. The van der Waals surface area contributed by atoms with Crippen LogP contribution >= 0.6 is 0 Å². The van der Waals surface area contributed by atoms with Gasteiger partial charge in [0.25, 0.3) is 0 Å². The third-order valence-electron chi connectivity index (χ3n) is 3.77. The van der Waals surface area contributed by atoms with Crippen molar-refractivity contribution in [3.63, 3.8) is 0 Å². The summed E-state index contributed by atoms with van der Waals surface area (Å²) in [6, 6.07) is 0.645. The Balaban J connectivity index is 1.98. The number of nitrogens with zero attached hydrogens (tertiary/aromatic N) is 4. The zero-order chi connectivity index (χ0) is 13.8. The molecule has 2 heterocycles. The third kappa shape index (κ3) is 3.32. The number of likely N-dealkylation sites (tertiary alicyclic amines) is 1. The second kappa shape index (κ2) is 6.14. The quantitative estimate of drug-likeness (QED) is 0.863. The number of amides is 1. The van der Waals surface area contributed by atoms with E-state index in [1.807, 2.05) is 11.1 Å². The average molecular weight is 265 g/mol. The van der Waals surface area contributed by atoms with Crippen molar-refractivity contribution >= 4 is 5.91 Å². The van der Waals surface area contributed by atoms with Gasteiger partial charge in [0.15, 0.2) is 0 Å². The maximum Gasteiger partial charge on any atom is 0.244 e. The minimum Gasteiger partial charge on any atom is -0.336 e. The van der Waals surface area contributed by atoms with Gasteiger partial charge in [-0.2, -0.15) is 0 Å². The Morgan fingerprint density at radius 2 is 2.11 bits per heavy atom. The topological polar surface area (TPSA) is 77.0 Å². The number of rotatable bonds is 4. The summed E-state index contributed by atoms with van der Waals surface area (Å²) in [7, 11) is 0. The molecule has 1 aliphatic rings. The molecule has 1 aliphatic heterocycles. The number of carbonyl (C=O) groups is 1. The summed E-state index contributed by atoms with van der Waals surface area (Å²) in [4.78, 5) is 14.4. The van der Waals surface area contributed by atoms with E-state index in [4.69, 9.17) is 5.73 Å². The lowest BCUT2D eigenvalue weighted by Gasteiger charge is -2.39. The summed E-state index contributed by atoms with van der Waals surface area (Å²) < 4.78 is 1.61. The summed E-state index contributed by atoms with van der Waals surface area (Å²) >= 11 is 0. The van der Waals surface area contributed by atoms with Crippen molar-refractivity contribution < 1.29 is 4.79 Å². The van der Waals surface area contributed by atoms with Crippen LogP contribution in [0.4, 0.5) is 0 Å². The molecule has 1 saturated heterocycles. The molecule has 19 heavy (non-hydrogen) atoms. The van der Waals surface area contributed by atoms with Gasteiger partial charge in [-0.3, -0.25) is 4.79 Å². The van der Waals surface area contributed by atoms with E-state index in [9.17, 15) is 4.79 Å². The Morgan fingerprint density at radius 3 is 2.74 bits per heavy atom. The van der Waals surface area contributed by atoms with E-state index in [2.05, 4.69) is 24.2 Å². The summed E-state index contributed by atoms with van der Waals surface area (Å²) in [6.07, 6.45) is 5.89. The van der Waals surface area contributed by atoms with Crippen LogP contribution in [0.1, 0.15) is 38.8 Å². The van der Waals surface area contributed by atoms with Crippen molar-refractivity contribution in [2.24, 2.45) is 5.73 Å². The minimum atomic E-state index is 0.129. The molecular weight excluding hydrogens is 242 g/mol. The Kier molecular flexibility index (Phi) is 4.52. The second-order valence-corrected chi connectivity index (χ2v) is 5.38. The van der Waals surface area contributed by atoms with E-state index in [-0.39, 0.29) is 12.5 Å². The lowest BCUT2D eigenvalue weighted by molar-refractivity contribution is -0.138. The Labute approximate surface area is 113 Å². The highest BCUT2D eigenvalue weighted by atomic mass is 16.2. The summed E-state index contributed by atoms with van der Waals surface area (Å²) in [6.45, 7) is 5.06. The molecule has 1 amide bonds. The fourth-order valence-electron chi connectivity index (χ4n) is 2.81. The highest BCUT2D eigenvalue weighted by molar-refractivity contribution is 5.76. The van der Waals surface area contributed by atoms with Crippen LogP contribution in [-0.2, 0) is 17.8 Å². The number of hydrogen-bond acceptors (Lipinski definition) is 4. The molecule has 1 aromatic heterocycles. The Hall–Kier alpha value is -1.43. The van der Waals surface area contributed by atoms with Crippen LogP contribution in [0.15, 0.2) is 6.20 Å². The second-order valence-electron chi connectivity index (χ2n) is 5.38. The van der Waals surface area contributed by atoms with Gasteiger partial charge in [-0.05, 0) is 39.7 Å². The van der Waals surface area contributed by atoms with Crippen molar-refractivity contribution in [3.8, 4) is 0 Å². The molecule has 0 radical (unpaired) electrons. The number of nitrogens with two attached hydrogens (primary N) is 1. The maximum atomic E-state index is 12.4. The van der Waals surface area contributed by atoms with E-state index in [1.165, 1.54) is 6.42 Å². The van der Waals surface area contributed by atoms with Crippen molar-refractivity contribution in [1.82, 2.24) is 19.9 Å². The molecule has 6 heteroatoms. The fourth-order valence-corrected chi connectivity index (χ4v) is 2.81. The molecule has 0 aliphatic carbocycles. The van der Waals surface area contributed by atoms with E-state index in [1.54, 1.807) is 4.68 Å². The van der Waals surface area contributed by atoms with E-state index in [0.29, 0.717) is 25.0 Å². The van der Waals surface area contributed by atoms with Gasteiger partial charge in [0.2, 0.25) is 5.91 Å². The fraction of sp³-hybridized carbons (Fsp3) is 0.769. The summed E-state index contributed by atoms with van der Waals surface area (Å²) in [5, 5.41) is 7.99. The van der Waals surface area contributed by atoms with Gasteiger partial charge in [-0.25, -0.2) is 4.68 Å². The van der Waals surface area contributed by atoms with Crippen molar-refractivity contribution in [3.05, 3.63) is 11.9 Å². The molecule has 0 bridgehead atoms. The molecule has 2 atom stereocenters. The van der Waals surface area contributed by atoms with Gasteiger partial charge in [-0.15, -0.1) is 5.10 Å². The van der Waals surface area contributed by atoms with Gasteiger partial charge in [0.05, 0.1) is 5.69 Å². The van der Waals surface area contributed by atoms with E-state index < -0.39 is 0 Å². The molecule has 1 aromatic rings.